The van der Waals surface area contributed by atoms with Crippen LogP contribution in [0.3, 0.4) is 0 Å². The van der Waals surface area contributed by atoms with E-state index in [2.05, 4.69) is 26.2 Å². The summed E-state index contributed by atoms with van der Waals surface area (Å²) in [5, 5.41) is 3.34. The molecule has 1 aromatic carbocycles. The highest BCUT2D eigenvalue weighted by Gasteiger charge is 2.20. The number of rotatable bonds is 2. The molecule has 94 valence electrons. The highest BCUT2D eigenvalue weighted by molar-refractivity contribution is 9.10. The Bertz CT molecular complexity index is 561. The molecule has 0 bridgehead atoms. The third-order valence-electron chi connectivity index (χ3n) is 3.33. The van der Waals surface area contributed by atoms with Gasteiger partial charge in [0.25, 0.3) is 0 Å². The van der Waals surface area contributed by atoms with E-state index in [9.17, 15) is 4.39 Å². The molecule has 1 aromatic heterocycles. The molecule has 0 saturated carbocycles. The minimum absolute atomic E-state index is 0.253. The van der Waals surface area contributed by atoms with E-state index >= 15 is 0 Å². The van der Waals surface area contributed by atoms with Gasteiger partial charge in [0.2, 0.25) is 0 Å². The third kappa shape index (κ3) is 2.08. The van der Waals surface area contributed by atoms with E-state index in [1.165, 1.54) is 6.07 Å². The van der Waals surface area contributed by atoms with E-state index in [0.29, 0.717) is 10.4 Å². The molecule has 1 N–H and O–H groups in total. The molecule has 1 atom stereocenters. The second-order valence-electron chi connectivity index (χ2n) is 4.48. The van der Waals surface area contributed by atoms with Gasteiger partial charge >= 0.3 is 0 Å². The van der Waals surface area contributed by atoms with Crippen LogP contribution in [0, 0.1) is 5.82 Å². The molecule has 2 aromatic rings. The predicted octanol–water partition coefficient (Wildman–Crippen LogP) is 2.85. The molecule has 1 unspecified atom stereocenters. The van der Waals surface area contributed by atoms with Crippen LogP contribution < -0.4 is 5.32 Å². The number of imidazole rings is 1. The summed E-state index contributed by atoms with van der Waals surface area (Å²) in [6.07, 6.45) is 4.72. The maximum Gasteiger partial charge on any atom is 0.139 e. The zero-order chi connectivity index (χ0) is 12.5. The van der Waals surface area contributed by atoms with Crippen molar-refractivity contribution in [3.8, 4) is 5.69 Å². The highest BCUT2D eigenvalue weighted by atomic mass is 79.9. The van der Waals surface area contributed by atoms with Crippen LogP contribution in [0.1, 0.15) is 18.0 Å². The minimum atomic E-state index is -0.253. The number of aromatic nitrogens is 2. The second kappa shape index (κ2) is 4.82. The molecule has 0 amide bonds. The summed E-state index contributed by atoms with van der Waals surface area (Å²) >= 11 is 3.17. The highest BCUT2D eigenvalue weighted by Crippen LogP contribution is 2.26. The summed E-state index contributed by atoms with van der Waals surface area (Å²) < 4.78 is 16.0. The number of nitrogens with one attached hydrogen (secondary N) is 1. The first-order valence-corrected chi connectivity index (χ1v) is 6.73. The van der Waals surface area contributed by atoms with Crippen LogP contribution in [0.25, 0.3) is 5.69 Å². The van der Waals surface area contributed by atoms with Crippen LogP contribution in [0.2, 0.25) is 0 Å². The van der Waals surface area contributed by atoms with Crippen molar-refractivity contribution in [2.24, 2.45) is 0 Å². The molecule has 1 saturated heterocycles. The van der Waals surface area contributed by atoms with Crippen molar-refractivity contribution >= 4 is 15.9 Å². The molecular formula is C13H13BrFN3. The smallest absolute Gasteiger partial charge is 0.139 e. The lowest BCUT2D eigenvalue weighted by molar-refractivity contribution is 0.618. The van der Waals surface area contributed by atoms with Crippen molar-refractivity contribution < 1.29 is 4.39 Å². The number of nitrogens with zero attached hydrogens (tertiary/aromatic N) is 2. The fourth-order valence-electron chi connectivity index (χ4n) is 2.37. The Hall–Kier alpha value is -1.20. The predicted molar refractivity (Wildman–Crippen MR) is 71.4 cm³/mol. The summed E-state index contributed by atoms with van der Waals surface area (Å²) in [7, 11) is 0. The lowest BCUT2D eigenvalue weighted by atomic mass is 10.1. The molecular weight excluding hydrogens is 297 g/mol. The summed E-state index contributed by atoms with van der Waals surface area (Å²) in [4.78, 5) is 4.20. The van der Waals surface area contributed by atoms with E-state index in [1.54, 1.807) is 12.4 Å². The Morgan fingerprint density at radius 1 is 1.44 bits per heavy atom. The summed E-state index contributed by atoms with van der Waals surface area (Å²) in [5.41, 5.74) is 1.96. The van der Waals surface area contributed by atoms with Crippen LogP contribution >= 0.6 is 15.9 Å². The minimum Gasteiger partial charge on any atom is -0.316 e. The van der Waals surface area contributed by atoms with Crippen molar-refractivity contribution in [1.29, 1.82) is 0 Å². The molecule has 3 rings (SSSR count). The first-order chi connectivity index (χ1) is 8.75. The normalized spacial score (nSPS) is 19.3. The number of halogens is 2. The molecule has 3 nitrogen and oxygen atoms in total. The van der Waals surface area contributed by atoms with E-state index in [1.807, 2.05) is 16.8 Å². The van der Waals surface area contributed by atoms with Gasteiger partial charge in [-0.05, 0) is 47.1 Å². The molecule has 1 aliphatic heterocycles. The van der Waals surface area contributed by atoms with Gasteiger partial charge in [-0.25, -0.2) is 9.37 Å². The van der Waals surface area contributed by atoms with Gasteiger partial charge in [-0.2, -0.15) is 0 Å². The van der Waals surface area contributed by atoms with Crippen LogP contribution in [0.15, 0.2) is 35.2 Å². The van der Waals surface area contributed by atoms with E-state index in [0.717, 1.165) is 30.9 Å². The molecule has 18 heavy (non-hydrogen) atoms. The van der Waals surface area contributed by atoms with Gasteiger partial charge in [-0.3, -0.25) is 0 Å². The quantitative estimate of drug-likeness (QED) is 0.924. The zero-order valence-electron chi connectivity index (χ0n) is 9.74. The lowest BCUT2D eigenvalue weighted by Crippen LogP contribution is -2.10. The Labute approximate surface area is 113 Å². The monoisotopic (exact) mass is 309 g/mol. The Morgan fingerprint density at radius 3 is 3.06 bits per heavy atom. The van der Waals surface area contributed by atoms with Crippen molar-refractivity contribution in [3.63, 3.8) is 0 Å². The average Bonchev–Trinajstić information content (AvgIpc) is 3.00. The van der Waals surface area contributed by atoms with Gasteiger partial charge in [0, 0.05) is 30.0 Å². The summed E-state index contributed by atoms with van der Waals surface area (Å²) in [6, 6.07) is 5.14. The number of hydrogen-bond acceptors (Lipinski definition) is 2. The molecule has 1 fully saturated rings. The molecule has 0 spiro atoms. The molecule has 2 heterocycles. The van der Waals surface area contributed by atoms with Crippen molar-refractivity contribution in [1.82, 2.24) is 14.9 Å². The zero-order valence-corrected chi connectivity index (χ0v) is 11.3. The van der Waals surface area contributed by atoms with Gasteiger partial charge in [0.15, 0.2) is 0 Å². The SMILES string of the molecule is Fc1cc(-n2cncc2C2CCNC2)ccc1Br. The van der Waals surface area contributed by atoms with Gasteiger partial charge in [0.05, 0.1) is 10.8 Å². The molecule has 1 aliphatic rings. The summed E-state index contributed by atoms with van der Waals surface area (Å²) in [6.45, 7) is 2.00. The Kier molecular flexibility index (Phi) is 3.18. The first-order valence-electron chi connectivity index (χ1n) is 5.94. The third-order valence-corrected chi connectivity index (χ3v) is 3.97. The number of benzene rings is 1. The topological polar surface area (TPSA) is 29.9 Å². The standard InChI is InChI=1S/C13H13BrFN3/c14-11-2-1-10(5-12(11)15)18-8-17-7-13(18)9-3-4-16-6-9/h1-2,5,7-9,16H,3-4,6H2. The fraction of sp³-hybridized carbons (Fsp3) is 0.308. The van der Waals surface area contributed by atoms with E-state index in [4.69, 9.17) is 0 Å². The summed E-state index contributed by atoms with van der Waals surface area (Å²) in [5.74, 6) is 0.205. The Morgan fingerprint density at radius 2 is 2.33 bits per heavy atom. The van der Waals surface area contributed by atoms with Crippen molar-refractivity contribution in [2.75, 3.05) is 13.1 Å². The number of hydrogen-bond donors (Lipinski definition) is 1. The molecule has 0 aliphatic carbocycles. The van der Waals surface area contributed by atoms with Crippen LogP contribution in [0.4, 0.5) is 4.39 Å². The maximum absolute atomic E-state index is 13.6. The van der Waals surface area contributed by atoms with E-state index in [-0.39, 0.29) is 5.82 Å². The van der Waals surface area contributed by atoms with Gasteiger partial charge in [-0.1, -0.05) is 0 Å². The fourth-order valence-corrected chi connectivity index (χ4v) is 2.61. The van der Waals surface area contributed by atoms with Gasteiger partial charge in [0.1, 0.15) is 5.82 Å². The molecule has 5 heteroatoms. The van der Waals surface area contributed by atoms with Gasteiger partial charge < -0.3 is 9.88 Å². The van der Waals surface area contributed by atoms with Crippen molar-refractivity contribution in [2.45, 2.75) is 12.3 Å². The van der Waals surface area contributed by atoms with Crippen LogP contribution in [-0.2, 0) is 0 Å². The lowest BCUT2D eigenvalue weighted by Gasteiger charge is -2.13. The van der Waals surface area contributed by atoms with Gasteiger partial charge in [-0.15, -0.1) is 0 Å². The first kappa shape index (κ1) is 11.9. The Balaban J connectivity index is 2.00. The van der Waals surface area contributed by atoms with Crippen LogP contribution in [0.5, 0.6) is 0 Å². The van der Waals surface area contributed by atoms with Crippen molar-refractivity contribution in [3.05, 3.63) is 46.7 Å². The maximum atomic E-state index is 13.6. The average molecular weight is 310 g/mol. The molecule has 0 radical (unpaired) electrons. The van der Waals surface area contributed by atoms with E-state index < -0.39 is 0 Å². The van der Waals surface area contributed by atoms with Crippen LogP contribution in [-0.4, -0.2) is 22.6 Å². The largest absolute Gasteiger partial charge is 0.316 e. The second-order valence-corrected chi connectivity index (χ2v) is 5.33.